The average molecular weight is 307 g/mol. The van der Waals surface area contributed by atoms with Crippen LogP contribution in [0.2, 0.25) is 0 Å². The first-order valence-electron chi connectivity index (χ1n) is 7.52. The van der Waals surface area contributed by atoms with E-state index in [2.05, 4.69) is 41.1 Å². The van der Waals surface area contributed by atoms with Gasteiger partial charge in [0.25, 0.3) is 0 Å². The summed E-state index contributed by atoms with van der Waals surface area (Å²) in [4.78, 5) is 3.77. The van der Waals surface area contributed by atoms with Crippen molar-refractivity contribution < 1.29 is 0 Å². The van der Waals surface area contributed by atoms with Crippen molar-refractivity contribution in [3.63, 3.8) is 0 Å². The van der Waals surface area contributed by atoms with Crippen LogP contribution in [0.1, 0.15) is 37.3 Å². The molecule has 0 N–H and O–H groups in total. The molecule has 0 saturated heterocycles. The Balaban J connectivity index is 0.000000261. The second-order valence-electron chi connectivity index (χ2n) is 4.66. The van der Waals surface area contributed by atoms with Crippen LogP contribution in [0.5, 0.6) is 0 Å². The zero-order valence-corrected chi connectivity index (χ0v) is 13.8. The number of isothiocyanates is 1. The maximum absolute atomic E-state index is 4.38. The minimum absolute atomic E-state index is 0.858. The number of aliphatic imine (C=N–C) groups is 1. The predicted octanol–water partition coefficient (Wildman–Crippen LogP) is 5.37. The van der Waals surface area contributed by atoms with Crippen LogP contribution in [-0.2, 0) is 0 Å². The van der Waals surface area contributed by atoms with Crippen LogP contribution in [0.25, 0.3) is 0 Å². The van der Waals surface area contributed by atoms with Gasteiger partial charge in [0.15, 0.2) is 0 Å². The summed E-state index contributed by atoms with van der Waals surface area (Å²) >= 11 is 4.38. The molecule has 0 spiro atoms. The summed E-state index contributed by atoms with van der Waals surface area (Å²) in [6.07, 6.45) is 3.65. The molecule has 0 amide bonds. The number of hydrogen-bond donors (Lipinski definition) is 0. The summed E-state index contributed by atoms with van der Waals surface area (Å²) in [5, 5.41) is 2.33. The summed E-state index contributed by atoms with van der Waals surface area (Å²) in [7, 11) is 0. The van der Waals surface area contributed by atoms with Gasteiger partial charge in [-0.05, 0) is 42.9 Å². The first-order chi connectivity index (χ1) is 10.9. The molecule has 0 bridgehead atoms. The van der Waals surface area contributed by atoms with E-state index < -0.39 is 0 Å². The topological polar surface area (TPSA) is 12.4 Å². The van der Waals surface area contributed by atoms with Crippen LogP contribution in [0.4, 0.5) is 0 Å². The van der Waals surface area contributed by atoms with Gasteiger partial charge in [0.05, 0.1) is 5.16 Å². The summed E-state index contributed by atoms with van der Waals surface area (Å²) < 4.78 is 0. The number of hydrogen-bond acceptors (Lipinski definition) is 2. The minimum atomic E-state index is 0.858. The lowest BCUT2D eigenvalue weighted by atomic mass is 10.2. The molecular formula is C20H21NS. The highest BCUT2D eigenvalue weighted by Crippen LogP contribution is 1.98. The van der Waals surface area contributed by atoms with E-state index in [9.17, 15) is 0 Å². The van der Waals surface area contributed by atoms with Gasteiger partial charge in [0.2, 0.25) is 0 Å². The van der Waals surface area contributed by atoms with E-state index in [-0.39, 0.29) is 0 Å². The Hall–Kier alpha value is -2.20. The van der Waals surface area contributed by atoms with E-state index in [4.69, 9.17) is 0 Å². The van der Waals surface area contributed by atoms with Gasteiger partial charge in [-0.25, -0.2) is 4.99 Å². The summed E-state index contributed by atoms with van der Waals surface area (Å²) in [5.74, 6) is 6.22. The minimum Gasteiger partial charge on any atom is -0.233 e. The van der Waals surface area contributed by atoms with Crippen LogP contribution < -0.4 is 0 Å². The number of nitrogens with zero attached hydrogens (tertiary/aromatic N) is 1. The molecule has 0 aliphatic heterocycles. The number of benzene rings is 2. The van der Waals surface area contributed by atoms with Gasteiger partial charge in [-0.3, -0.25) is 0 Å². The van der Waals surface area contributed by atoms with Crippen molar-refractivity contribution in [2.75, 3.05) is 6.54 Å². The molecule has 0 aliphatic carbocycles. The van der Waals surface area contributed by atoms with Crippen molar-refractivity contribution in [3.05, 3.63) is 71.8 Å². The number of unbranched alkanes of at least 4 members (excludes halogenated alkanes) is 2. The van der Waals surface area contributed by atoms with Gasteiger partial charge >= 0.3 is 0 Å². The van der Waals surface area contributed by atoms with E-state index in [0.29, 0.717) is 0 Å². The highest BCUT2D eigenvalue weighted by atomic mass is 32.1. The molecule has 0 aliphatic rings. The van der Waals surface area contributed by atoms with Crippen molar-refractivity contribution in [3.8, 4) is 11.8 Å². The molecule has 0 fully saturated rings. The van der Waals surface area contributed by atoms with Gasteiger partial charge in [0, 0.05) is 17.7 Å². The van der Waals surface area contributed by atoms with Crippen LogP contribution in [0.15, 0.2) is 65.7 Å². The van der Waals surface area contributed by atoms with Gasteiger partial charge in [-0.2, -0.15) is 0 Å². The fourth-order valence-corrected chi connectivity index (χ4v) is 1.77. The molecular weight excluding hydrogens is 286 g/mol. The Labute approximate surface area is 139 Å². The summed E-state index contributed by atoms with van der Waals surface area (Å²) in [6.45, 7) is 3.03. The zero-order chi connectivity index (χ0) is 15.9. The lowest BCUT2D eigenvalue weighted by Gasteiger charge is -1.88. The highest BCUT2D eigenvalue weighted by Gasteiger charge is 1.83. The SMILES string of the molecule is C(#Cc1ccccc1)c1ccccc1.CCCCCN=C=S. The quantitative estimate of drug-likeness (QED) is 0.320. The lowest BCUT2D eigenvalue weighted by Crippen LogP contribution is -1.77. The largest absolute Gasteiger partial charge is 0.233 e. The first-order valence-corrected chi connectivity index (χ1v) is 7.93. The Morgan fingerprint density at radius 2 is 1.32 bits per heavy atom. The van der Waals surface area contributed by atoms with Gasteiger partial charge in [0.1, 0.15) is 0 Å². The second kappa shape index (κ2) is 12.5. The Kier molecular flexibility index (Phi) is 10.2. The van der Waals surface area contributed by atoms with Crippen LogP contribution >= 0.6 is 12.2 Å². The fraction of sp³-hybridized carbons (Fsp3) is 0.250. The van der Waals surface area contributed by atoms with E-state index in [0.717, 1.165) is 24.1 Å². The molecule has 0 heterocycles. The van der Waals surface area contributed by atoms with Crippen LogP contribution in [0, 0.1) is 11.8 Å². The maximum atomic E-state index is 4.38. The van der Waals surface area contributed by atoms with E-state index >= 15 is 0 Å². The van der Waals surface area contributed by atoms with Crippen LogP contribution in [0.3, 0.4) is 0 Å². The van der Waals surface area contributed by atoms with Crippen LogP contribution in [-0.4, -0.2) is 11.7 Å². The van der Waals surface area contributed by atoms with Crippen molar-refractivity contribution in [1.29, 1.82) is 0 Å². The van der Waals surface area contributed by atoms with E-state index in [1.165, 1.54) is 12.8 Å². The predicted molar refractivity (Wildman–Crippen MR) is 98.3 cm³/mol. The molecule has 22 heavy (non-hydrogen) atoms. The Bertz CT molecular complexity index is 574. The lowest BCUT2D eigenvalue weighted by molar-refractivity contribution is 0.730. The molecule has 2 aromatic carbocycles. The zero-order valence-electron chi connectivity index (χ0n) is 13.0. The normalized spacial score (nSPS) is 8.59. The Morgan fingerprint density at radius 3 is 1.73 bits per heavy atom. The highest BCUT2D eigenvalue weighted by molar-refractivity contribution is 7.78. The Morgan fingerprint density at radius 1 is 0.818 bits per heavy atom. The summed E-state index contributed by atoms with van der Waals surface area (Å²) in [5.41, 5.74) is 2.10. The van der Waals surface area contributed by atoms with Crippen molar-refractivity contribution in [2.45, 2.75) is 26.2 Å². The van der Waals surface area contributed by atoms with E-state index in [1.54, 1.807) is 0 Å². The van der Waals surface area contributed by atoms with E-state index in [1.807, 2.05) is 60.7 Å². The maximum Gasteiger partial charge on any atom is 0.0584 e. The number of rotatable bonds is 4. The molecule has 112 valence electrons. The van der Waals surface area contributed by atoms with Gasteiger partial charge < -0.3 is 0 Å². The number of thiocarbonyl (C=S) groups is 1. The molecule has 2 aromatic rings. The van der Waals surface area contributed by atoms with Crippen molar-refractivity contribution >= 4 is 17.4 Å². The monoisotopic (exact) mass is 307 g/mol. The molecule has 1 nitrogen and oxygen atoms in total. The fourth-order valence-electron chi connectivity index (χ4n) is 1.67. The smallest absolute Gasteiger partial charge is 0.0584 e. The third-order valence-electron chi connectivity index (χ3n) is 2.84. The van der Waals surface area contributed by atoms with Gasteiger partial charge in [-0.1, -0.05) is 68.0 Å². The average Bonchev–Trinajstić information content (AvgIpc) is 2.59. The molecule has 0 aromatic heterocycles. The first kappa shape index (κ1) is 17.9. The van der Waals surface area contributed by atoms with Gasteiger partial charge in [-0.15, -0.1) is 0 Å². The molecule has 0 saturated carbocycles. The standard InChI is InChI=1S/C14H10.C6H11NS/c1-3-7-13(8-4-1)11-12-14-9-5-2-6-10-14;1-2-3-4-5-7-6-8/h1-10H;2-5H2,1H3. The molecule has 2 rings (SSSR count). The molecule has 0 atom stereocenters. The third-order valence-corrected chi connectivity index (χ3v) is 2.97. The molecule has 0 unspecified atom stereocenters. The summed E-state index contributed by atoms with van der Waals surface area (Å²) in [6, 6.07) is 20.0. The third kappa shape index (κ3) is 8.87. The second-order valence-corrected chi connectivity index (χ2v) is 4.84. The molecule has 0 radical (unpaired) electrons. The van der Waals surface area contributed by atoms with Crippen molar-refractivity contribution in [2.24, 2.45) is 4.99 Å². The van der Waals surface area contributed by atoms with Crippen molar-refractivity contribution in [1.82, 2.24) is 0 Å². The molecule has 2 heteroatoms.